The summed E-state index contributed by atoms with van der Waals surface area (Å²) in [4.78, 5) is 12.4. The molecule has 2 aromatic rings. The molecule has 1 amide bonds. The second-order valence-corrected chi connectivity index (χ2v) is 5.59. The topological polar surface area (TPSA) is 64.3 Å². The summed E-state index contributed by atoms with van der Waals surface area (Å²) in [5.41, 5.74) is 7.94. The van der Waals surface area contributed by atoms with Crippen LogP contribution in [-0.2, 0) is 0 Å². The molecule has 3 N–H and O–H groups in total. The van der Waals surface area contributed by atoms with E-state index in [1.54, 1.807) is 31.4 Å². The molecule has 2 rings (SSSR count). The number of nitrogens with two attached hydrogens (primary N) is 1. The van der Waals surface area contributed by atoms with Crippen molar-refractivity contribution in [2.75, 3.05) is 12.8 Å². The van der Waals surface area contributed by atoms with Crippen molar-refractivity contribution in [1.29, 1.82) is 0 Å². The smallest absolute Gasteiger partial charge is 0.251 e. The van der Waals surface area contributed by atoms with E-state index >= 15 is 0 Å². The van der Waals surface area contributed by atoms with Crippen molar-refractivity contribution in [1.82, 2.24) is 5.32 Å². The van der Waals surface area contributed by atoms with Crippen LogP contribution in [0.4, 0.5) is 5.69 Å². The van der Waals surface area contributed by atoms with Gasteiger partial charge in [-0.25, -0.2) is 0 Å². The maximum absolute atomic E-state index is 12.4. The van der Waals surface area contributed by atoms with Gasteiger partial charge in [-0.1, -0.05) is 32.0 Å². The minimum absolute atomic E-state index is 0.0696. The first kappa shape index (κ1) is 15.9. The van der Waals surface area contributed by atoms with Crippen LogP contribution >= 0.6 is 0 Å². The number of benzene rings is 2. The Morgan fingerprint density at radius 2 is 1.82 bits per heavy atom. The summed E-state index contributed by atoms with van der Waals surface area (Å²) in [6, 6.07) is 14.7. The van der Waals surface area contributed by atoms with Crippen LogP contribution in [0.15, 0.2) is 48.5 Å². The second kappa shape index (κ2) is 6.98. The average molecular weight is 298 g/mol. The molecule has 0 aromatic heterocycles. The quantitative estimate of drug-likeness (QED) is 0.831. The maximum Gasteiger partial charge on any atom is 0.251 e. The third kappa shape index (κ3) is 3.79. The van der Waals surface area contributed by atoms with E-state index in [0.29, 0.717) is 11.3 Å². The van der Waals surface area contributed by atoms with E-state index in [1.807, 2.05) is 24.3 Å². The van der Waals surface area contributed by atoms with E-state index in [-0.39, 0.29) is 17.9 Å². The molecule has 0 aliphatic rings. The number of carbonyl (C=O) groups excluding carboxylic acids is 1. The molecule has 0 bridgehead atoms. The standard InChI is InChI=1S/C18H22N2O2/c1-12(2)17(13-7-9-16(22-3)10-8-13)20-18(21)14-5-4-6-15(19)11-14/h4-12,17H,19H2,1-3H3,(H,20,21). The fraction of sp³-hybridized carbons (Fsp3) is 0.278. The molecule has 4 nitrogen and oxygen atoms in total. The summed E-state index contributed by atoms with van der Waals surface area (Å²) < 4.78 is 5.17. The van der Waals surface area contributed by atoms with Crippen LogP contribution in [0.3, 0.4) is 0 Å². The van der Waals surface area contributed by atoms with Crippen LogP contribution in [0.1, 0.15) is 35.8 Å². The Balaban J connectivity index is 2.19. The van der Waals surface area contributed by atoms with Crippen LogP contribution in [0, 0.1) is 5.92 Å². The number of anilines is 1. The number of hydrogen-bond acceptors (Lipinski definition) is 3. The number of nitrogens with one attached hydrogen (secondary N) is 1. The molecule has 2 aromatic carbocycles. The van der Waals surface area contributed by atoms with Crippen molar-refractivity contribution in [2.45, 2.75) is 19.9 Å². The molecule has 0 saturated heterocycles. The lowest BCUT2D eigenvalue weighted by Crippen LogP contribution is -2.31. The Morgan fingerprint density at radius 1 is 1.14 bits per heavy atom. The van der Waals surface area contributed by atoms with Gasteiger partial charge in [0, 0.05) is 11.3 Å². The molecule has 0 spiro atoms. The number of ether oxygens (including phenoxy) is 1. The molecule has 4 heteroatoms. The van der Waals surface area contributed by atoms with Crippen LogP contribution in [0.2, 0.25) is 0 Å². The summed E-state index contributed by atoms with van der Waals surface area (Å²) in [6.45, 7) is 4.16. The number of rotatable bonds is 5. The first-order chi connectivity index (χ1) is 10.5. The predicted molar refractivity (Wildman–Crippen MR) is 88.9 cm³/mol. The van der Waals surface area contributed by atoms with E-state index < -0.39 is 0 Å². The fourth-order valence-electron chi connectivity index (χ4n) is 2.35. The van der Waals surface area contributed by atoms with Crippen molar-refractivity contribution in [3.05, 3.63) is 59.7 Å². The van der Waals surface area contributed by atoms with Crippen LogP contribution in [-0.4, -0.2) is 13.0 Å². The minimum Gasteiger partial charge on any atom is -0.497 e. The zero-order valence-corrected chi connectivity index (χ0v) is 13.2. The van der Waals surface area contributed by atoms with Gasteiger partial charge in [-0.3, -0.25) is 4.79 Å². The van der Waals surface area contributed by atoms with Gasteiger partial charge in [0.05, 0.1) is 13.2 Å². The molecule has 22 heavy (non-hydrogen) atoms. The van der Waals surface area contributed by atoms with E-state index in [1.165, 1.54) is 0 Å². The Kier molecular flexibility index (Phi) is 5.04. The lowest BCUT2D eigenvalue weighted by molar-refractivity contribution is 0.0925. The molecule has 0 aliphatic heterocycles. The number of amides is 1. The van der Waals surface area contributed by atoms with Gasteiger partial charge in [0.15, 0.2) is 0 Å². The molecular weight excluding hydrogens is 276 g/mol. The lowest BCUT2D eigenvalue weighted by atomic mass is 9.95. The molecule has 0 saturated carbocycles. The Morgan fingerprint density at radius 3 is 2.36 bits per heavy atom. The largest absolute Gasteiger partial charge is 0.497 e. The van der Waals surface area contributed by atoms with Crippen LogP contribution in [0.5, 0.6) is 5.75 Å². The summed E-state index contributed by atoms with van der Waals surface area (Å²) in [6.07, 6.45) is 0. The maximum atomic E-state index is 12.4. The first-order valence-electron chi connectivity index (χ1n) is 7.31. The highest BCUT2D eigenvalue weighted by atomic mass is 16.5. The number of nitrogen functional groups attached to an aromatic ring is 1. The van der Waals surface area contributed by atoms with Gasteiger partial charge in [-0.2, -0.15) is 0 Å². The van der Waals surface area contributed by atoms with Gasteiger partial charge in [0.1, 0.15) is 5.75 Å². The molecule has 1 unspecified atom stereocenters. The highest BCUT2D eigenvalue weighted by Crippen LogP contribution is 2.24. The van der Waals surface area contributed by atoms with Gasteiger partial charge in [-0.15, -0.1) is 0 Å². The zero-order chi connectivity index (χ0) is 16.1. The van der Waals surface area contributed by atoms with Gasteiger partial charge < -0.3 is 15.8 Å². The van der Waals surface area contributed by atoms with Crippen molar-refractivity contribution in [2.24, 2.45) is 5.92 Å². The fourth-order valence-corrected chi connectivity index (χ4v) is 2.35. The summed E-state index contributed by atoms with van der Waals surface area (Å²) in [7, 11) is 1.64. The molecule has 0 fully saturated rings. The predicted octanol–water partition coefficient (Wildman–Crippen LogP) is 3.40. The van der Waals surface area contributed by atoms with Gasteiger partial charge in [0.2, 0.25) is 0 Å². The normalized spacial score (nSPS) is 12.0. The van der Waals surface area contributed by atoms with Gasteiger partial charge >= 0.3 is 0 Å². The van der Waals surface area contributed by atoms with Crippen LogP contribution in [0.25, 0.3) is 0 Å². The number of carbonyl (C=O) groups is 1. The van der Waals surface area contributed by atoms with E-state index in [4.69, 9.17) is 10.5 Å². The zero-order valence-electron chi connectivity index (χ0n) is 13.2. The van der Waals surface area contributed by atoms with Crippen molar-refractivity contribution in [3.8, 4) is 5.75 Å². The first-order valence-corrected chi connectivity index (χ1v) is 7.31. The molecular formula is C18H22N2O2. The van der Waals surface area contributed by atoms with Gasteiger partial charge in [0.25, 0.3) is 5.91 Å². The Labute approximate surface area is 131 Å². The van der Waals surface area contributed by atoms with E-state index in [9.17, 15) is 4.79 Å². The van der Waals surface area contributed by atoms with Crippen LogP contribution < -0.4 is 15.8 Å². The minimum atomic E-state index is -0.123. The van der Waals surface area contributed by atoms with E-state index in [0.717, 1.165) is 11.3 Å². The van der Waals surface area contributed by atoms with Crippen molar-refractivity contribution < 1.29 is 9.53 Å². The summed E-state index contributed by atoms with van der Waals surface area (Å²) in [5, 5.41) is 3.08. The monoisotopic (exact) mass is 298 g/mol. The van der Waals surface area contributed by atoms with Crippen molar-refractivity contribution >= 4 is 11.6 Å². The third-order valence-corrected chi connectivity index (χ3v) is 3.58. The Bertz CT molecular complexity index is 636. The molecule has 0 radical (unpaired) electrons. The third-order valence-electron chi connectivity index (χ3n) is 3.58. The number of hydrogen-bond donors (Lipinski definition) is 2. The molecule has 116 valence electrons. The van der Waals surface area contributed by atoms with Gasteiger partial charge in [-0.05, 0) is 41.8 Å². The second-order valence-electron chi connectivity index (χ2n) is 5.59. The average Bonchev–Trinajstić information content (AvgIpc) is 2.52. The lowest BCUT2D eigenvalue weighted by Gasteiger charge is -2.23. The van der Waals surface area contributed by atoms with E-state index in [2.05, 4.69) is 19.2 Å². The summed E-state index contributed by atoms with van der Waals surface area (Å²) >= 11 is 0. The highest BCUT2D eigenvalue weighted by Gasteiger charge is 2.19. The summed E-state index contributed by atoms with van der Waals surface area (Å²) in [5.74, 6) is 0.939. The SMILES string of the molecule is COc1ccc(C(NC(=O)c2cccc(N)c2)C(C)C)cc1. The molecule has 0 aliphatic carbocycles. The highest BCUT2D eigenvalue weighted by molar-refractivity contribution is 5.95. The number of methoxy groups -OCH3 is 1. The molecule has 0 heterocycles. The Hall–Kier alpha value is -2.49. The molecule has 1 atom stereocenters. The van der Waals surface area contributed by atoms with Crippen molar-refractivity contribution in [3.63, 3.8) is 0 Å².